The summed E-state index contributed by atoms with van der Waals surface area (Å²) >= 11 is 6.96. The molecule has 0 unspecified atom stereocenters. The van der Waals surface area contributed by atoms with Crippen molar-refractivity contribution >= 4 is 36.0 Å². The number of hydrogen-bond donors (Lipinski definition) is 0. The Kier molecular flexibility index (Phi) is 3.58. The van der Waals surface area contributed by atoms with E-state index in [4.69, 9.17) is 0 Å². The van der Waals surface area contributed by atoms with Crippen LogP contribution in [0.25, 0.3) is 0 Å². The van der Waals surface area contributed by atoms with Crippen molar-refractivity contribution in [1.29, 1.82) is 0 Å². The number of piperidine rings is 1. The largest absolute Gasteiger partial charge is 0.379 e. The predicted molar refractivity (Wildman–Crippen MR) is 49.0 cm³/mol. The second kappa shape index (κ2) is 3.99. The van der Waals surface area contributed by atoms with Crippen LogP contribution in [0.1, 0.15) is 19.3 Å². The summed E-state index contributed by atoms with van der Waals surface area (Å²) in [6.07, 6.45) is 4.12. The van der Waals surface area contributed by atoms with Gasteiger partial charge in [-0.1, -0.05) is 6.42 Å². The molecule has 52 valence electrons. The number of halogens is 2. The van der Waals surface area contributed by atoms with Crippen LogP contribution in [0.3, 0.4) is 0 Å². The molecule has 0 spiro atoms. The highest BCUT2D eigenvalue weighted by atomic mass is 79.9. The molecule has 0 aliphatic carbocycles. The van der Waals surface area contributed by atoms with E-state index in [1.165, 1.54) is 32.4 Å². The summed E-state index contributed by atoms with van der Waals surface area (Å²) in [5.74, 6) is 0. The average Bonchev–Trinajstić information content (AvgIpc) is 1.90. The van der Waals surface area contributed by atoms with E-state index in [0.717, 1.165) is 0 Å². The van der Waals surface area contributed by atoms with Crippen LogP contribution in [-0.4, -0.2) is 22.4 Å². The van der Waals surface area contributed by atoms with Crippen molar-refractivity contribution in [2.45, 2.75) is 19.3 Å². The number of nitrogens with zero attached hydrogens (tertiary/aromatic N) is 1. The molecule has 1 aliphatic rings. The summed E-state index contributed by atoms with van der Waals surface area (Å²) in [5, 5.41) is 0. The van der Waals surface area contributed by atoms with E-state index < -0.39 is 0 Å². The molecule has 0 aromatic rings. The molecule has 1 nitrogen and oxygen atoms in total. The minimum atomic E-state index is 0.394. The van der Waals surface area contributed by atoms with Gasteiger partial charge in [-0.15, -0.1) is 31.5 Å². The van der Waals surface area contributed by atoms with Gasteiger partial charge in [-0.05, 0) is 25.9 Å². The molecule has 1 heterocycles. The van der Waals surface area contributed by atoms with Gasteiger partial charge < -0.3 is 4.81 Å². The first-order valence-electron chi connectivity index (χ1n) is 3.33. The zero-order chi connectivity index (χ0) is 6.69. The Morgan fingerprint density at radius 1 is 1.00 bits per heavy atom. The minimum Gasteiger partial charge on any atom is -0.323 e. The highest BCUT2D eigenvalue weighted by Gasteiger charge is 2.18. The molecule has 1 rings (SSSR count). The Balaban J connectivity index is 2.23. The van der Waals surface area contributed by atoms with Crippen molar-refractivity contribution in [3.05, 3.63) is 0 Å². The maximum atomic E-state index is 3.48. The number of rotatable bonds is 1. The summed E-state index contributed by atoms with van der Waals surface area (Å²) in [6, 6.07) is 0. The first-order chi connectivity index (χ1) is 4.30. The zero-order valence-corrected chi connectivity index (χ0v) is 8.49. The third-order valence-electron chi connectivity index (χ3n) is 1.67. The monoisotopic (exact) mass is 253 g/mol. The van der Waals surface area contributed by atoms with E-state index in [0.29, 0.717) is 4.50 Å². The lowest BCUT2D eigenvalue weighted by atomic mass is 10.1. The molecule has 0 amide bonds. The highest BCUT2D eigenvalue weighted by Crippen LogP contribution is 2.16. The fourth-order valence-corrected chi connectivity index (χ4v) is 1.93. The van der Waals surface area contributed by atoms with Gasteiger partial charge in [-0.25, -0.2) is 0 Å². The van der Waals surface area contributed by atoms with Crippen molar-refractivity contribution in [3.63, 3.8) is 0 Å². The number of hydrogen-bond acceptors (Lipinski definition) is 1. The van der Waals surface area contributed by atoms with E-state index in [9.17, 15) is 0 Å². The van der Waals surface area contributed by atoms with Crippen molar-refractivity contribution in [3.8, 4) is 0 Å². The third kappa shape index (κ3) is 2.60. The van der Waals surface area contributed by atoms with Crippen molar-refractivity contribution in [2.24, 2.45) is 0 Å². The quantitative estimate of drug-likeness (QED) is 0.649. The van der Waals surface area contributed by atoms with Gasteiger partial charge in [-0.2, -0.15) is 0 Å². The van der Waals surface area contributed by atoms with Gasteiger partial charge in [0.2, 0.25) is 0 Å². The van der Waals surface area contributed by atoms with Gasteiger partial charge >= 0.3 is 4.50 Å². The minimum absolute atomic E-state index is 0.394. The van der Waals surface area contributed by atoms with Crippen LogP contribution in [0.15, 0.2) is 0 Å². The standard InChI is InChI=1S/C5H10BBr2N/c7-6(8)9-4-2-1-3-5-9/h1-5H2. The van der Waals surface area contributed by atoms with Crippen LogP contribution in [0.4, 0.5) is 0 Å². The maximum Gasteiger partial charge on any atom is 0.379 e. The fourth-order valence-electron chi connectivity index (χ4n) is 1.11. The Bertz CT molecular complexity index is 83.0. The van der Waals surface area contributed by atoms with Crippen LogP contribution < -0.4 is 0 Å². The van der Waals surface area contributed by atoms with E-state index in [2.05, 4.69) is 36.3 Å². The molecule has 1 fully saturated rings. The van der Waals surface area contributed by atoms with Gasteiger partial charge in [0.25, 0.3) is 0 Å². The molecule has 0 radical (unpaired) electrons. The van der Waals surface area contributed by atoms with Gasteiger partial charge in [-0.3, -0.25) is 0 Å². The van der Waals surface area contributed by atoms with E-state index in [1.807, 2.05) is 0 Å². The van der Waals surface area contributed by atoms with Gasteiger partial charge in [0.15, 0.2) is 0 Å². The molecule has 9 heavy (non-hydrogen) atoms. The second-order valence-corrected chi connectivity index (χ2v) is 5.34. The molecular weight excluding hydrogens is 245 g/mol. The summed E-state index contributed by atoms with van der Waals surface area (Å²) in [6.45, 7) is 2.47. The summed E-state index contributed by atoms with van der Waals surface area (Å²) in [7, 11) is 0. The molecule has 1 saturated heterocycles. The van der Waals surface area contributed by atoms with E-state index in [1.54, 1.807) is 0 Å². The van der Waals surface area contributed by atoms with Crippen LogP contribution in [0.5, 0.6) is 0 Å². The fraction of sp³-hybridized carbons (Fsp3) is 1.00. The Hall–Kier alpha value is 0.985. The van der Waals surface area contributed by atoms with Crippen LogP contribution >= 0.6 is 31.5 Å². The predicted octanol–water partition coefficient (Wildman–Crippen LogP) is 2.25. The molecule has 0 aromatic heterocycles. The average molecular weight is 255 g/mol. The smallest absolute Gasteiger partial charge is 0.323 e. The lowest BCUT2D eigenvalue weighted by Gasteiger charge is -2.26. The van der Waals surface area contributed by atoms with Crippen LogP contribution in [0, 0.1) is 0 Å². The molecule has 0 saturated carbocycles. The topological polar surface area (TPSA) is 3.24 Å². The summed E-state index contributed by atoms with van der Waals surface area (Å²) in [5.41, 5.74) is 0. The van der Waals surface area contributed by atoms with E-state index >= 15 is 0 Å². The summed E-state index contributed by atoms with van der Waals surface area (Å²) < 4.78 is 0.394. The Morgan fingerprint density at radius 3 is 1.89 bits per heavy atom. The normalized spacial score (nSPS) is 22.0. The SMILES string of the molecule is BrB(Br)N1CCCCC1. The van der Waals surface area contributed by atoms with Crippen molar-refractivity contribution in [2.75, 3.05) is 13.1 Å². The zero-order valence-electron chi connectivity index (χ0n) is 5.32. The molecule has 0 bridgehead atoms. The molecule has 0 atom stereocenters. The van der Waals surface area contributed by atoms with Gasteiger partial charge in [0.05, 0.1) is 0 Å². The Morgan fingerprint density at radius 2 is 1.56 bits per heavy atom. The molecule has 0 N–H and O–H groups in total. The third-order valence-corrected chi connectivity index (χ3v) is 2.82. The van der Waals surface area contributed by atoms with Gasteiger partial charge in [0.1, 0.15) is 0 Å². The van der Waals surface area contributed by atoms with Gasteiger partial charge in [0, 0.05) is 0 Å². The second-order valence-electron chi connectivity index (χ2n) is 2.37. The maximum absolute atomic E-state index is 3.48. The molecular formula is C5H10BBr2N. The lowest BCUT2D eigenvalue weighted by Crippen LogP contribution is -2.35. The lowest BCUT2D eigenvalue weighted by molar-refractivity contribution is 0.364. The first-order valence-corrected chi connectivity index (χ1v) is 5.16. The molecule has 4 heteroatoms. The Labute approximate surface area is 73.2 Å². The molecule has 0 aromatic carbocycles. The van der Waals surface area contributed by atoms with Crippen molar-refractivity contribution < 1.29 is 0 Å². The van der Waals surface area contributed by atoms with E-state index in [-0.39, 0.29) is 0 Å². The van der Waals surface area contributed by atoms with Crippen LogP contribution in [0.2, 0.25) is 0 Å². The van der Waals surface area contributed by atoms with Crippen molar-refractivity contribution in [1.82, 2.24) is 4.81 Å². The van der Waals surface area contributed by atoms with Crippen LogP contribution in [-0.2, 0) is 0 Å². The highest BCUT2D eigenvalue weighted by molar-refractivity contribution is 9.48. The first kappa shape index (κ1) is 8.09. The summed E-state index contributed by atoms with van der Waals surface area (Å²) in [4.78, 5) is 2.39. The molecule has 1 aliphatic heterocycles.